The molecule has 0 saturated heterocycles. The van der Waals surface area contributed by atoms with Crippen molar-refractivity contribution in [3.05, 3.63) is 41.5 Å². The maximum absolute atomic E-state index is 9.67. The van der Waals surface area contributed by atoms with E-state index < -0.39 is 0 Å². The third kappa shape index (κ3) is 2.67. The van der Waals surface area contributed by atoms with Crippen LogP contribution in [0, 0.1) is 0 Å². The second-order valence-corrected chi connectivity index (χ2v) is 4.85. The van der Waals surface area contributed by atoms with E-state index in [2.05, 4.69) is 0 Å². The SMILES string of the molecule is COc1cc(CCc2ccc3c(c2)OCO3)cc(O)c1O. The first-order valence-electron chi connectivity index (χ1n) is 6.65. The first-order chi connectivity index (χ1) is 10.2. The molecule has 0 atom stereocenters. The van der Waals surface area contributed by atoms with Crippen molar-refractivity contribution in [2.45, 2.75) is 12.8 Å². The van der Waals surface area contributed by atoms with Gasteiger partial charge in [-0.25, -0.2) is 0 Å². The summed E-state index contributed by atoms with van der Waals surface area (Å²) in [6.07, 6.45) is 1.49. The van der Waals surface area contributed by atoms with E-state index in [1.165, 1.54) is 7.11 Å². The fourth-order valence-corrected chi connectivity index (χ4v) is 2.33. The van der Waals surface area contributed by atoms with E-state index in [0.717, 1.165) is 29.0 Å². The van der Waals surface area contributed by atoms with Crippen LogP contribution >= 0.6 is 0 Å². The molecule has 2 N–H and O–H groups in total. The fourth-order valence-electron chi connectivity index (χ4n) is 2.33. The van der Waals surface area contributed by atoms with Gasteiger partial charge in [-0.15, -0.1) is 0 Å². The minimum atomic E-state index is -0.232. The number of phenols is 2. The maximum Gasteiger partial charge on any atom is 0.231 e. The van der Waals surface area contributed by atoms with Crippen molar-refractivity contribution in [3.8, 4) is 28.7 Å². The predicted octanol–water partition coefficient (Wildman–Crippen LogP) is 2.62. The van der Waals surface area contributed by atoms with Gasteiger partial charge in [0.1, 0.15) is 0 Å². The normalized spacial score (nSPS) is 12.4. The van der Waals surface area contributed by atoms with Crippen LogP contribution in [0.15, 0.2) is 30.3 Å². The molecule has 0 unspecified atom stereocenters. The summed E-state index contributed by atoms with van der Waals surface area (Å²) in [6.45, 7) is 0.266. The Bertz CT molecular complexity index is 666. The number of phenolic OH excluding ortho intramolecular Hbond substituents is 2. The monoisotopic (exact) mass is 288 g/mol. The van der Waals surface area contributed by atoms with Crippen LogP contribution in [-0.2, 0) is 12.8 Å². The second kappa shape index (κ2) is 5.44. The van der Waals surface area contributed by atoms with Gasteiger partial charge in [0.05, 0.1) is 7.11 Å². The Morgan fingerprint density at radius 3 is 2.57 bits per heavy atom. The number of ether oxygens (including phenoxy) is 3. The molecule has 0 bridgehead atoms. The van der Waals surface area contributed by atoms with E-state index in [0.29, 0.717) is 6.42 Å². The van der Waals surface area contributed by atoms with Crippen LogP contribution in [0.2, 0.25) is 0 Å². The predicted molar refractivity (Wildman–Crippen MR) is 76.3 cm³/mol. The Labute approximate surface area is 122 Å². The Kier molecular flexibility index (Phi) is 3.48. The lowest BCUT2D eigenvalue weighted by atomic mass is 10.0. The number of methoxy groups -OCH3 is 1. The molecule has 21 heavy (non-hydrogen) atoms. The quantitative estimate of drug-likeness (QED) is 0.846. The van der Waals surface area contributed by atoms with Crippen LogP contribution in [0.4, 0.5) is 0 Å². The van der Waals surface area contributed by atoms with Gasteiger partial charge >= 0.3 is 0 Å². The van der Waals surface area contributed by atoms with E-state index >= 15 is 0 Å². The first-order valence-corrected chi connectivity index (χ1v) is 6.65. The number of benzene rings is 2. The highest BCUT2D eigenvalue weighted by atomic mass is 16.7. The molecule has 0 amide bonds. The van der Waals surface area contributed by atoms with Crippen molar-refractivity contribution in [2.24, 2.45) is 0 Å². The van der Waals surface area contributed by atoms with Crippen LogP contribution in [-0.4, -0.2) is 24.1 Å². The highest BCUT2D eigenvalue weighted by molar-refractivity contribution is 5.52. The zero-order valence-electron chi connectivity index (χ0n) is 11.6. The third-order valence-corrected chi connectivity index (χ3v) is 3.47. The minimum absolute atomic E-state index is 0.171. The lowest BCUT2D eigenvalue weighted by Crippen LogP contribution is -1.94. The van der Waals surface area contributed by atoms with Gasteiger partial charge < -0.3 is 24.4 Å². The summed E-state index contributed by atoms with van der Waals surface area (Å²) in [5.74, 6) is 1.40. The van der Waals surface area contributed by atoms with E-state index in [4.69, 9.17) is 14.2 Å². The van der Waals surface area contributed by atoms with Gasteiger partial charge in [0, 0.05) is 0 Å². The molecule has 0 spiro atoms. The molecule has 0 fully saturated rings. The molecule has 0 aliphatic carbocycles. The molecule has 2 aromatic carbocycles. The van der Waals surface area contributed by atoms with Crippen molar-refractivity contribution < 1.29 is 24.4 Å². The number of aromatic hydroxyl groups is 2. The van der Waals surface area contributed by atoms with E-state index in [9.17, 15) is 10.2 Å². The molecule has 0 radical (unpaired) electrons. The van der Waals surface area contributed by atoms with Gasteiger partial charge in [0.25, 0.3) is 0 Å². The van der Waals surface area contributed by atoms with Gasteiger partial charge in [-0.1, -0.05) is 6.07 Å². The first kappa shape index (κ1) is 13.4. The van der Waals surface area contributed by atoms with Crippen molar-refractivity contribution in [2.75, 3.05) is 13.9 Å². The molecule has 1 heterocycles. The largest absolute Gasteiger partial charge is 0.504 e. The van der Waals surface area contributed by atoms with E-state index in [1.807, 2.05) is 18.2 Å². The summed E-state index contributed by atoms with van der Waals surface area (Å²) >= 11 is 0. The lowest BCUT2D eigenvalue weighted by Gasteiger charge is -2.09. The van der Waals surface area contributed by atoms with Crippen molar-refractivity contribution in [1.29, 1.82) is 0 Å². The third-order valence-electron chi connectivity index (χ3n) is 3.47. The highest BCUT2D eigenvalue weighted by Crippen LogP contribution is 2.37. The molecule has 3 rings (SSSR count). The Morgan fingerprint density at radius 2 is 1.76 bits per heavy atom. The van der Waals surface area contributed by atoms with Crippen LogP contribution in [0.1, 0.15) is 11.1 Å². The van der Waals surface area contributed by atoms with Gasteiger partial charge in [-0.2, -0.15) is 0 Å². The van der Waals surface area contributed by atoms with E-state index in [-0.39, 0.29) is 24.0 Å². The Balaban J connectivity index is 1.74. The molecule has 0 saturated carbocycles. The summed E-state index contributed by atoms with van der Waals surface area (Å²) in [7, 11) is 1.45. The molecule has 1 aliphatic heterocycles. The van der Waals surface area contributed by atoms with Gasteiger partial charge in [-0.05, 0) is 48.2 Å². The highest BCUT2D eigenvalue weighted by Gasteiger charge is 2.14. The average Bonchev–Trinajstić information content (AvgIpc) is 2.95. The topological polar surface area (TPSA) is 68.2 Å². The van der Waals surface area contributed by atoms with Crippen molar-refractivity contribution >= 4 is 0 Å². The summed E-state index contributed by atoms with van der Waals surface area (Å²) < 4.78 is 15.7. The number of rotatable bonds is 4. The van der Waals surface area contributed by atoms with E-state index in [1.54, 1.807) is 12.1 Å². The minimum Gasteiger partial charge on any atom is -0.504 e. The molecule has 0 aromatic heterocycles. The number of hydrogen-bond donors (Lipinski definition) is 2. The van der Waals surface area contributed by atoms with Crippen LogP contribution in [0.25, 0.3) is 0 Å². The summed E-state index contributed by atoms with van der Waals surface area (Å²) in [6, 6.07) is 9.12. The molecule has 110 valence electrons. The molecule has 5 nitrogen and oxygen atoms in total. The number of hydrogen-bond acceptors (Lipinski definition) is 5. The smallest absolute Gasteiger partial charge is 0.231 e. The Hall–Kier alpha value is -2.56. The lowest BCUT2D eigenvalue weighted by molar-refractivity contribution is 0.174. The molecular formula is C16H16O5. The summed E-state index contributed by atoms with van der Waals surface area (Å²) in [5.41, 5.74) is 2.01. The standard InChI is InChI=1S/C16H16O5/c1-19-15-8-11(6-12(17)16(15)18)3-2-10-4-5-13-14(7-10)21-9-20-13/h4-8,17-18H,2-3,9H2,1H3. The fraction of sp³-hybridized carbons (Fsp3) is 0.250. The summed E-state index contributed by atoms with van der Waals surface area (Å²) in [5, 5.41) is 19.3. The molecule has 5 heteroatoms. The average molecular weight is 288 g/mol. The molecular weight excluding hydrogens is 272 g/mol. The number of aryl methyl sites for hydroxylation is 2. The zero-order chi connectivity index (χ0) is 14.8. The maximum atomic E-state index is 9.67. The van der Waals surface area contributed by atoms with Crippen molar-refractivity contribution in [1.82, 2.24) is 0 Å². The molecule has 2 aromatic rings. The van der Waals surface area contributed by atoms with Gasteiger partial charge in [0.2, 0.25) is 12.5 Å². The Morgan fingerprint density at radius 1 is 1.00 bits per heavy atom. The van der Waals surface area contributed by atoms with Gasteiger partial charge in [-0.3, -0.25) is 0 Å². The summed E-state index contributed by atoms with van der Waals surface area (Å²) in [4.78, 5) is 0. The van der Waals surface area contributed by atoms with Crippen LogP contribution in [0.3, 0.4) is 0 Å². The van der Waals surface area contributed by atoms with Gasteiger partial charge in [0.15, 0.2) is 23.0 Å². The van der Waals surface area contributed by atoms with Crippen LogP contribution in [0.5, 0.6) is 28.7 Å². The zero-order valence-corrected chi connectivity index (χ0v) is 11.6. The molecule has 1 aliphatic rings. The number of fused-ring (bicyclic) bond motifs is 1. The van der Waals surface area contributed by atoms with Crippen LogP contribution < -0.4 is 14.2 Å². The second-order valence-electron chi connectivity index (χ2n) is 4.85. The van der Waals surface area contributed by atoms with Crippen molar-refractivity contribution in [3.63, 3.8) is 0 Å².